The number of aromatic nitrogens is 4. The van der Waals surface area contributed by atoms with E-state index in [1.54, 1.807) is 25.1 Å². The molecule has 16 nitrogen and oxygen atoms in total. The Morgan fingerprint density at radius 1 is 1.21 bits per heavy atom. The summed E-state index contributed by atoms with van der Waals surface area (Å²) in [4.78, 5) is 45.2. The first-order valence-electron chi connectivity index (χ1n) is 10.8. The summed E-state index contributed by atoms with van der Waals surface area (Å²) in [7, 11) is 0. The monoisotopic (exact) mass is 529 g/mol. The van der Waals surface area contributed by atoms with E-state index in [2.05, 4.69) is 30.7 Å². The third-order valence-corrected chi connectivity index (χ3v) is 4.45. The van der Waals surface area contributed by atoms with E-state index in [4.69, 9.17) is 26.3 Å². The summed E-state index contributed by atoms with van der Waals surface area (Å²) in [6.07, 6.45) is 4.64. The molecule has 2 atom stereocenters. The third kappa shape index (κ3) is 8.85. The van der Waals surface area contributed by atoms with Crippen LogP contribution in [0.25, 0.3) is 11.5 Å². The van der Waals surface area contributed by atoms with Gasteiger partial charge in [-0.1, -0.05) is 17.3 Å². The van der Waals surface area contributed by atoms with E-state index in [0.717, 1.165) is 0 Å². The molecule has 3 rings (SSSR count). The second-order valence-corrected chi connectivity index (χ2v) is 7.59. The number of anilines is 1. The molecule has 38 heavy (non-hydrogen) atoms. The standard InChI is InChI=1S/C12H14N6O5.C10H13N3O2/c1-6(19)9(11(20)21)17-12(22)15-5-8-16-10(18-23-8)7-4-13-2-3-14-7;1-7(11)6-13(12)9-5-3-2-4-8(9)10(14)15/h2-4,6,9,19H,5H2,1H3,(H,20,21)(H2,15,17,22);2-6H,11-12H2,1H3,(H,14,15)/b;7-6-. The van der Waals surface area contributed by atoms with Crippen LogP contribution in [0, 0.1) is 0 Å². The first-order valence-corrected chi connectivity index (χ1v) is 10.8. The molecule has 0 aliphatic carbocycles. The molecule has 0 fully saturated rings. The zero-order valence-electron chi connectivity index (χ0n) is 20.3. The number of amides is 2. The van der Waals surface area contributed by atoms with Crippen LogP contribution in [0.5, 0.6) is 0 Å². The van der Waals surface area contributed by atoms with Crippen molar-refractivity contribution in [1.29, 1.82) is 0 Å². The van der Waals surface area contributed by atoms with E-state index in [1.165, 1.54) is 42.8 Å². The second-order valence-electron chi connectivity index (χ2n) is 7.59. The van der Waals surface area contributed by atoms with E-state index in [0.29, 0.717) is 17.1 Å². The number of aliphatic carboxylic acids is 1. The molecule has 0 radical (unpaired) electrons. The fourth-order valence-electron chi connectivity index (χ4n) is 2.75. The number of urea groups is 1. The predicted molar refractivity (Wildman–Crippen MR) is 132 cm³/mol. The van der Waals surface area contributed by atoms with Crippen LogP contribution in [0.2, 0.25) is 0 Å². The first-order chi connectivity index (χ1) is 18.0. The molecule has 0 aliphatic rings. The van der Waals surface area contributed by atoms with Crippen LogP contribution in [0.4, 0.5) is 10.5 Å². The number of hydrogen-bond acceptors (Lipinski definition) is 12. The van der Waals surface area contributed by atoms with Crippen LogP contribution in [0.1, 0.15) is 30.1 Å². The van der Waals surface area contributed by atoms with Crippen LogP contribution < -0.4 is 27.2 Å². The number of aliphatic hydroxyl groups is 1. The van der Waals surface area contributed by atoms with E-state index in [1.807, 2.05) is 0 Å². The van der Waals surface area contributed by atoms with Crippen molar-refractivity contribution in [1.82, 2.24) is 30.7 Å². The number of para-hydroxylation sites is 1. The van der Waals surface area contributed by atoms with Crippen molar-refractivity contribution in [2.45, 2.75) is 32.5 Å². The number of nitrogens with two attached hydrogens (primary N) is 2. The lowest BCUT2D eigenvalue weighted by molar-refractivity contribution is -0.141. The lowest BCUT2D eigenvalue weighted by Crippen LogP contribution is -2.51. The van der Waals surface area contributed by atoms with Gasteiger partial charge in [0.1, 0.15) is 5.69 Å². The molecular formula is C22H27N9O7. The zero-order chi connectivity index (χ0) is 28.2. The van der Waals surface area contributed by atoms with Gasteiger partial charge >= 0.3 is 18.0 Å². The fourth-order valence-corrected chi connectivity index (χ4v) is 2.75. The summed E-state index contributed by atoms with van der Waals surface area (Å²) >= 11 is 0. The van der Waals surface area contributed by atoms with E-state index < -0.39 is 30.1 Å². The molecule has 1 aromatic carbocycles. The van der Waals surface area contributed by atoms with Gasteiger partial charge < -0.3 is 36.2 Å². The highest BCUT2D eigenvalue weighted by Gasteiger charge is 2.25. The topological polar surface area (TPSA) is 256 Å². The largest absolute Gasteiger partial charge is 0.480 e. The van der Waals surface area contributed by atoms with Crippen LogP contribution in [-0.2, 0) is 11.3 Å². The lowest BCUT2D eigenvalue weighted by atomic mass is 10.2. The van der Waals surface area contributed by atoms with Crippen LogP contribution in [0.15, 0.2) is 59.3 Å². The number of carbonyl (C=O) groups is 3. The number of hydrogen-bond donors (Lipinski definition) is 7. The molecule has 0 aliphatic heterocycles. The van der Waals surface area contributed by atoms with Crippen LogP contribution in [0.3, 0.4) is 0 Å². The van der Waals surface area contributed by atoms with Gasteiger partial charge in [0.15, 0.2) is 6.04 Å². The number of allylic oxidation sites excluding steroid dienone is 1. The number of benzene rings is 1. The van der Waals surface area contributed by atoms with Crippen molar-refractivity contribution in [3.05, 3.63) is 66.2 Å². The Labute approximate surface area is 216 Å². The van der Waals surface area contributed by atoms with Crippen LogP contribution >= 0.6 is 0 Å². The van der Waals surface area contributed by atoms with Gasteiger partial charge in [0.25, 0.3) is 0 Å². The fraction of sp³-hybridized carbons (Fsp3) is 0.227. The van der Waals surface area contributed by atoms with Gasteiger partial charge in [-0.15, -0.1) is 0 Å². The average molecular weight is 530 g/mol. The number of aromatic carboxylic acids is 1. The molecule has 3 aromatic rings. The third-order valence-electron chi connectivity index (χ3n) is 4.45. The minimum absolute atomic E-state index is 0.102. The van der Waals surface area contributed by atoms with Crippen molar-refractivity contribution in [2.75, 3.05) is 5.01 Å². The maximum Gasteiger partial charge on any atom is 0.337 e. The van der Waals surface area contributed by atoms with Crippen molar-refractivity contribution < 1.29 is 34.2 Å². The smallest absolute Gasteiger partial charge is 0.337 e. The SMILES string of the molecule is C/C(N)=C/N(N)c1ccccc1C(=O)O.CC(O)C(NC(=O)NCc1nc(-c2cnccn2)no1)C(=O)O. The minimum atomic E-state index is -1.42. The Morgan fingerprint density at radius 3 is 2.50 bits per heavy atom. The van der Waals surface area contributed by atoms with Gasteiger partial charge in [-0.25, -0.2) is 25.2 Å². The number of hydrazine groups is 1. The molecule has 9 N–H and O–H groups in total. The Balaban J connectivity index is 0.000000293. The van der Waals surface area contributed by atoms with Crippen molar-refractivity contribution in [2.24, 2.45) is 11.6 Å². The molecule has 2 unspecified atom stereocenters. The zero-order valence-corrected chi connectivity index (χ0v) is 20.3. The molecule has 0 spiro atoms. The first kappa shape index (κ1) is 29.1. The summed E-state index contributed by atoms with van der Waals surface area (Å²) in [6, 6.07) is 4.23. The van der Waals surface area contributed by atoms with Gasteiger partial charge in [0.05, 0.1) is 30.1 Å². The van der Waals surface area contributed by atoms with Gasteiger partial charge in [-0.3, -0.25) is 9.99 Å². The van der Waals surface area contributed by atoms with Crippen LogP contribution in [-0.4, -0.2) is 65.5 Å². The molecule has 0 bridgehead atoms. The minimum Gasteiger partial charge on any atom is -0.480 e. The Bertz CT molecular complexity index is 1260. The van der Waals surface area contributed by atoms with E-state index in [-0.39, 0.29) is 23.8 Å². The van der Waals surface area contributed by atoms with E-state index >= 15 is 0 Å². The molecule has 2 heterocycles. The average Bonchev–Trinajstić information content (AvgIpc) is 3.35. The number of rotatable bonds is 9. The van der Waals surface area contributed by atoms with Gasteiger partial charge in [-0.05, 0) is 26.0 Å². The number of aliphatic hydroxyl groups excluding tert-OH is 1. The molecular weight excluding hydrogens is 502 g/mol. The number of carboxylic acids is 2. The molecule has 2 amide bonds. The number of nitrogens with zero attached hydrogens (tertiary/aromatic N) is 5. The highest BCUT2D eigenvalue weighted by molar-refractivity contribution is 5.94. The van der Waals surface area contributed by atoms with Crippen molar-refractivity contribution in [3.8, 4) is 11.5 Å². The van der Waals surface area contributed by atoms with Gasteiger partial charge in [-0.2, -0.15) is 4.98 Å². The van der Waals surface area contributed by atoms with Crippen molar-refractivity contribution >= 4 is 23.7 Å². The highest BCUT2D eigenvalue weighted by atomic mass is 16.5. The molecule has 2 aromatic heterocycles. The Kier molecular flexibility index (Phi) is 10.6. The summed E-state index contributed by atoms with van der Waals surface area (Å²) < 4.78 is 4.93. The number of nitrogens with one attached hydrogen (secondary N) is 2. The maximum atomic E-state index is 11.6. The second kappa shape index (κ2) is 13.9. The Hall–Kier alpha value is -5.09. The van der Waals surface area contributed by atoms with E-state index in [9.17, 15) is 19.5 Å². The molecule has 0 saturated heterocycles. The molecule has 202 valence electrons. The van der Waals surface area contributed by atoms with Crippen molar-refractivity contribution in [3.63, 3.8) is 0 Å². The number of carbonyl (C=O) groups excluding carboxylic acids is 1. The summed E-state index contributed by atoms with van der Waals surface area (Å²) in [5.41, 5.74) is 6.89. The lowest BCUT2D eigenvalue weighted by Gasteiger charge is -2.16. The Morgan fingerprint density at radius 2 is 1.92 bits per heavy atom. The molecule has 0 saturated carbocycles. The molecule has 16 heteroatoms. The summed E-state index contributed by atoms with van der Waals surface area (Å²) in [6.45, 7) is 2.80. The predicted octanol–water partition coefficient (Wildman–Crippen LogP) is 0.0447. The number of carboxylic acid groups (broad SMARTS) is 2. The van der Waals surface area contributed by atoms with Gasteiger partial charge in [0, 0.05) is 24.3 Å². The summed E-state index contributed by atoms with van der Waals surface area (Å²) in [5, 5.41) is 36.4. The normalized spacial score (nSPS) is 12.4. The quantitative estimate of drug-likeness (QED) is 0.143. The summed E-state index contributed by atoms with van der Waals surface area (Å²) in [5.74, 6) is 3.59. The van der Waals surface area contributed by atoms with Gasteiger partial charge in [0.2, 0.25) is 11.7 Å². The highest BCUT2D eigenvalue weighted by Crippen LogP contribution is 2.18. The maximum absolute atomic E-state index is 11.6.